The summed E-state index contributed by atoms with van der Waals surface area (Å²) >= 11 is 0. The van der Waals surface area contributed by atoms with Crippen LogP contribution >= 0.6 is 0 Å². The lowest BCUT2D eigenvalue weighted by Crippen LogP contribution is -2.53. The van der Waals surface area contributed by atoms with Gasteiger partial charge in [0.05, 0.1) is 12.5 Å². The minimum atomic E-state index is -0.947. The molecule has 1 atom stereocenters. The number of nitrogens with zero attached hydrogens (tertiary/aromatic N) is 2. The van der Waals surface area contributed by atoms with E-state index in [1.807, 2.05) is 0 Å². The van der Waals surface area contributed by atoms with Crippen molar-refractivity contribution < 1.29 is 24.2 Å². The lowest BCUT2D eigenvalue weighted by atomic mass is 10.2. The van der Waals surface area contributed by atoms with Gasteiger partial charge in [0.25, 0.3) is 0 Å². The number of carboxylic acids is 1. The minimum Gasteiger partial charge on any atom is -0.481 e. The first kappa shape index (κ1) is 16.1. The van der Waals surface area contributed by atoms with Crippen LogP contribution in [0.4, 0.5) is 9.59 Å². The molecule has 1 aliphatic heterocycles. The van der Waals surface area contributed by atoms with Crippen LogP contribution in [0.25, 0.3) is 0 Å². The highest BCUT2D eigenvalue weighted by Crippen LogP contribution is 2.04. The van der Waals surface area contributed by atoms with Crippen molar-refractivity contribution in [1.82, 2.24) is 15.1 Å². The Morgan fingerprint density at radius 2 is 1.75 bits per heavy atom. The molecule has 1 rings (SSSR count). The van der Waals surface area contributed by atoms with Gasteiger partial charge < -0.3 is 25.0 Å². The van der Waals surface area contributed by atoms with E-state index < -0.39 is 11.9 Å². The number of ether oxygens (including phenoxy) is 1. The molecule has 2 N–H and O–H groups in total. The van der Waals surface area contributed by atoms with E-state index in [0.717, 1.165) is 0 Å². The molecule has 1 heterocycles. The van der Waals surface area contributed by atoms with Crippen LogP contribution in [0.3, 0.4) is 0 Å². The molecule has 0 radical (unpaired) electrons. The van der Waals surface area contributed by atoms with E-state index in [4.69, 9.17) is 9.84 Å². The van der Waals surface area contributed by atoms with E-state index in [0.29, 0.717) is 32.8 Å². The van der Waals surface area contributed by atoms with Crippen LogP contribution in [-0.4, -0.2) is 72.3 Å². The van der Waals surface area contributed by atoms with Gasteiger partial charge in [0.2, 0.25) is 0 Å². The maximum absolute atomic E-state index is 11.8. The van der Waals surface area contributed by atoms with Crippen LogP contribution in [0, 0.1) is 5.92 Å². The standard InChI is InChI=1S/C12H21N3O5/c1-3-20-12(19)15-6-4-14(5-7-15)11(18)13-8-9(2)10(16)17/h9H,3-8H2,1-2H3,(H,13,18)(H,16,17). The van der Waals surface area contributed by atoms with Gasteiger partial charge in [-0.25, -0.2) is 9.59 Å². The number of carboxylic acid groups (broad SMARTS) is 1. The third kappa shape index (κ3) is 4.60. The normalized spacial score (nSPS) is 16.5. The summed E-state index contributed by atoms with van der Waals surface area (Å²) in [6.07, 6.45) is -0.368. The van der Waals surface area contributed by atoms with Gasteiger partial charge in [-0.15, -0.1) is 0 Å². The fourth-order valence-electron chi connectivity index (χ4n) is 1.75. The topological polar surface area (TPSA) is 99.2 Å². The van der Waals surface area contributed by atoms with Gasteiger partial charge in [-0.05, 0) is 6.92 Å². The maximum Gasteiger partial charge on any atom is 0.409 e. The van der Waals surface area contributed by atoms with Crippen LogP contribution in [0.5, 0.6) is 0 Å². The van der Waals surface area contributed by atoms with E-state index in [9.17, 15) is 14.4 Å². The van der Waals surface area contributed by atoms with Crippen LogP contribution < -0.4 is 5.32 Å². The van der Waals surface area contributed by atoms with Crippen LogP contribution in [0.2, 0.25) is 0 Å². The van der Waals surface area contributed by atoms with Crippen molar-refractivity contribution in [2.75, 3.05) is 39.3 Å². The predicted molar refractivity (Wildman–Crippen MR) is 70.4 cm³/mol. The van der Waals surface area contributed by atoms with Crippen LogP contribution in [0.15, 0.2) is 0 Å². The molecule has 0 aromatic carbocycles. The second-order valence-corrected chi connectivity index (χ2v) is 4.60. The molecule has 1 unspecified atom stereocenters. The summed E-state index contributed by atoms with van der Waals surface area (Å²) in [6.45, 7) is 5.34. The molecule has 0 aliphatic carbocycles. The summed E-state index contributed by atoms with van der Waals surface area (Å²) in [4.78, 5) is 37.1. The zero-order valence-electron chi connectivity index (χ0n) is 11.8. The van der Waals surface area contributed by atoms with E-state index >= 15 is 0 Å². The smallest absolute Gasteiger partial charge is 0.409 e. The Morgan fingerprint density at radius 3 is 2.25 bits per heavy atom. The van der Waals surface area contributed by atoms with E-state index in [-0.39, 0.29) is 18.7 Å². The van der Waals surface area contributed by atoms with E-state index in [1.54, 1.807) is 16.7 Å². The molecule has 20 heavy (non-hydrogen) atoms. The Bertz CT molecular complexity index is 366. The number of piperazine rings is 1. The van der Waals surface area contributed by atoms with Gasteiger partial charge in [-0.2, -0.15) is 0 Å². The molecular weight excluding hydrogens is 266 g/mol. The number of hydrogen-bond acceptors (Lipinski definition) is 4. The van der Waals surface area contributed by atoms with Crippen molar-refractivity contribution in [2.45, 2.75) is 13.8 Å². The largest absolute Gasteiger partial charge is 0.481 e. The lowest BCUT2D eigenvalue weighted by molar-refractivity contribution is -0.140. The Labute approximate surface area is 117 Å². The summed E-state index contributed by atoms with van der Waals surface area (Å²) in [5.74, 6) is -1.57. The maximum atomic E-state index is 11.8. The Hall–Kier alpha value is -1.99. The molecule has 0 aromatic rings. The summed E-state index contributed by atoms with van der Waals surface area (Å²) in [5, 5.41) is 11.3. The molecule has 0 bridgehead atoms. The first-order valence-corrected chi connectivity index (χ1v) is 6.63. The summed E-state index contributed by atoms with van der Waals surface area (Å²) < 4.78 is 4.89. The minimum absolute atomic E-state index is 0.0895. The first-order valence-electron chi connectivity index (χ1n) is 6.63. The molecular formula is C12H21N3O5. The number of amides is 3. The quantitative estimate of drug-likeness (QED) is 0.769. The highest BCUT2D eigenvalue weighted by molar-refractivity contribution is 5.76. The molecule has 8 heteroatoms. The van der Waals surface area contributed by atoms with Gasteiger partial charge >= 0.3 is 18.1 Å². The number of rotatable bonds is 4. The summed E-state index contributed by atoms with van der Waals surface area (Å²) in [7, 11) is 0. The second-order valence-electron chi connectivity index (χ2n) is 4.60. The molecule has 0 aromatic heterocycles. The molecule has 0 spiro atoms. The number of nitrogens with one attached hydrogen (secondary N) is 1. The van der Waals surface area contributed by atoms with E-state index in [2.05, 4.69) is 5.32 Å². The van der Waals surface area contributed by atoms with Gasteiger partial charge in [0.15, 0.2) is 0 Å². The summed E-state index contributed by atoms with van der Waals surface area (Å²) in [5.41, 5.74) is 0. The Morgan fingerprint density at radius 1 is 1.20 bits per heavy atom. The van der Waals surface area contributed by atoms with Crippen molar-refractivity contribution in [3.05, 3.63) is 0 Å². The third-order valence-electron chi connectivity index (χ3n) is 3.07. The second kappa shape index (κ2) is 7.56. The number of carbonyl (C=O) groups is 3. The van der Waals surface area contributed by atoms with Crippen molar-refractivity contribution in [2.24, 2.45) is 5.92 Å². The zero-order valence-corrected chi connectivity index (χ0v) is 11.8. The molecule has 114 valence electrons. The number of carbonyl (C=O) groups excluding carboxylic acids is 2. The fourth-order valence-corrected chi connectivity index (χ4v) is 1.75. The van der Waals surface area contributed by atoms with Gasteiger partial charge in [-0.1, -0.05) is 6.92 Å². The average Bonchev–Trinajstić information content (AvgIpc) is 2.44. The SMILES string of the molecule is CCOC(=O)N1CCN(C(=O)NCC(C)C(=O)O)CC1. The van der Waals surface area contributed by atoms with Crippen LogP contribution in [-0.2, 0) is 9.53 Å². The lowest BCUT2D eigenvalue weighted by Gasteiger charge is -2.34. The average molecular weight is 287 g/mol. The third-order valence-corrected chi connectivity index (χ3v) is 3.07. The molecule has 8 nitrogen and oxygen atoms in total. The van der Waals surface area contributed by atoms with Gasteiger partial charge in [-0.3, -0.25) is 4.79 Å². The van der Waals surface area contributed by atoms with Crippen LogP contribution in [0.1, 0.15) is 13.8 Å². The molecule has 1 saturated heterocycles. The van der Waals surface area contributed by atoms with Gasteiger partial charge in [0.1, 0.15) is 0 Å². The predicted octanol–water partition coefficient (Wildman–Crippen LogP) is 0.191. The van der Waals surface area contributed by atoms with Crippen molar-refractivity contribution in [3.63, 3.8) is 0 Å². The Balaban J connectivity index is 2.32. The number of aliphatic carboxylic acids is 1. The molecule has 3 amide bonds. The molecule has 1 fully saturated rings. The zero-order chi connectivity index (χ0) is 15.1. The highest BCUT2D eigenvalue weighted by atomic mass is 16.6. The Kier molecular flexibility index (Phi) is 6.08. The molecule has 1 aliphatic rings. The summed E-state index contributed by atoms with van der Waals surface area (Å²) in [6, 6.07) is -0.304. The van der Waals surface area contributed by atoms with E-state index in [1.165, 1.54) is 6.92 Å². The monoisotopic (exact) mass is 287 g/mol. The van der Waals surface area contributed by atoms with Gasteiger partial charge in [0, 0.05) is 32.7 Å². The fraction of sp³-hybridized carbons (Fsp3) is 0.750. The highest BCUT2D eigenvalue weighted by Gasteiger charge is 2.25. The number of hydrogen-bond donors (Lipinski definition) is 2. The van der Waals surface area contributed by atoms with Crippen molar-refractivity contribution in [1.29, 1.82) is 0 Å². The van der Waals surface area contributed by atoms with Crippen molar-refractivity contribution >= 4 is 18.1 Å². The van der Waals surface area contributed by atoms with Crippen molar-refractivity contribution in [3.8, 4) is 0 Å². The first-order chi connectivity index (χ1) is 9.45. The number of urea groups is 1. The molecule has 0 saturated carbocycles.